The van der Waals surface area contributed by atoms with Crippen LogP contribution in [0.3, 0.4) is 0 Å². The lowest BCUT2D eigenvalue weighted by atomic mass is 10.1. The van der Waals surface area contributed by atoms with Crippen LogP contribution in [0.15, 0.2) is 10.5 Å². The number of rotatable bonds is 3. The molecule has 0 aliphatic heterocycles. The highest BCUT2D eigenvalue weighted by molar-refractivity contribution is 14.0. The van der Waals surface area contributed by atoms with E-state index in [9.17, 15) is 0 Å². The normalized spacial score (nSPS) is 11.9. The van der Waals surface area contributed by atoms with Gasteiger partial charge in [0.2, 0.25) is 0 Å². The van der Waals surface area contributed by atoms with Crippen LogP contribution in [0.4, 0.5) is 0 Å². The van der Waals surface area contributed by atoms with Crippen LogP contribution in [0.2, 0.25) is 0 Å². The summed E-state index contributed by atoms with van der Waals surface area (Å²) in [6.07, 6.45) is 0. The molecule has 1 rings (SSSR count). The van der Waals surface area contributed by atoms with E-state index in [-0.39, 0.29) is 29.5 Å². The van der Waals surface area contributed by atoms with Crippen molar-refractivity contribution < 1.29 is 0 Å². The third-order valence-electron chi connectivity index (χ3n) is 2.06. The van der Waals surface area contributed by atoms with Gasteiger partial charge in [-0.25, -0.2) is 9.98 Å². The number of nitrogens with zero attached hydrogens (tertiary/aromatic N) is 2. The van der Waals surface area contributed by atoms with Gasteiger partial charge in [-0.05, 0) is 34.6 Å². The molecule has 0 unspecified atom stereocenters. The molecule has 0 amide bonds. The number of aromatic nitrogens is 1. The van der Waals surface area contributed by atoms with Gasteiger partial charge in [0.15, 0.2) is 5.96 Å². The second-order valence-corrected chi connectivity index (χ2v) is 5.87. The molecule has 104 valence electrons. The van der Waals surface area contributed by atoms with Crippen LogP contribution >= 0.6 is 35.3 Å². The molecule has 0 aromatic carbocycles. The zero-order chi connectivity index (χ0) is 12.9. The first-order chi connectivity index (χ1) is 7.92. The van der Waals surface area contributed by atoms with Gasteiger partial charge in [0, 0.05) is 17.0 Å². The Morgan fingerprint density at radius 3 is 2.56 bits per heavy atom. The van der Waals surface area contributed by atoms with E-state index in [2.05, 4.69) is 48.3 Å². The van der Waals surface area contributed by atoms with Crippen molar-refractivity contribution in [3.8, 4) is 0 Å². The van der Waals surface area contributed by atoms with Crippen LogP contribution in [0, 0.1) is 6.92 Å². The first-order valence-electron chi connectivity index (χ1n) is 5.88. The SMILES string of the molecule is CCNC(=NCc1scnc1C)NC(C)(C)C.I. The van der Waals surface area contributed by atoms with E-state index in [1.165, 1.54) is 4.88 Å². The van der Waals surface area contributed by atoms with Crippen molar-refractivity contribution in [3.63, 3.8) is 0 Å². The highest BCUT2D eigenvalue weighted by Crippen LogP contribution is 2.13. The van der Waals surface area contributed by atoms with Crippen LogP contribution in [-0.4, -0.2) is 23.0 Å². The van der Waals surface area contributed by atoms with E-state index in [0.29, 0.717) is 6.54 Å². The first kappa shape index (κ1) is 17.6. The summed E-state index contributed by atoms with van der Waals surface area (Å²) in [5, 5.41) is 6.61. The predicted octanol–water partition coefficient (Wildman–Crippen LogP) is 2.92. The lowest BCUT2D eigenvalue weighted by molar-refractivity contribution is 0.501. The first-order valence-corrected chi connectivity index (χ1v) is 6.76. The molecule has 0 aliphatic rings. The van der Waals surface area contributed by atoms with E-state index in [4.69, 9.17) is 0 Å². The van der Waals surface area contributed by atoms with Crippen molar-refractivity contribution in [1.82, 2.24) is 15.6 Å². The molecule has 1 heterocycles. The van der Waals surface area contributed by atoms with Gasteiger partial charge in [-0.1, -0.05) is 0 Å². The summed E-state index contributed by atoms with van der Waals surface area (Å²) < 4.78 is 0. The molecule has 0 fully saturated rings. The molecule has 0 radical (unpaired) electrons. The average molecular weight is 382 g/mol. The molecule has 18 heavy (non-hydrogen) atoms. The molecule has 0 aliphatic carbocycles. The van der Waals surface area contributed by atoms with Crippen molar-refractivity contribution in [2.45, 2.75) is 46.7 Å². The molecule has 1 aromatic rings. The summed E-state index contributed by atoms with van der Waals surface area (Å²) >= 11 is 1.65. The van der Waals surface area contributed by atoms with Crippen molar-refractivity contribution >= 4 is 41.3 Å². The Kier molecular flexibility index (Phi) is 7.77. The lowest BCUT2D eigenvalue weighted by Gasteiger charge is -2.23. The van der Waals surface area contributed by atoms with Gasteiger partial charge in [-0.15, -0.1) is 35.3 Å². The molecule has 0 spiro atoms. The number of halogens is 1. The predicted molar refractivity (Wildman–Crippen MR) is 90.0 cm³/mol. The number of hydrogen-bond acceptors (Lipinski definition) is 3. The molecule has 2 N–H and O–H groups in total. The quantitative estimate of drug-likeness (QED) is 0.480. The maximum Gasteiger partial charge on any atom is 0.192 e. The van der Waals surface area contributed by atoms with Crippen molar-refractivity contribution in [2.24, 2.45) is 4.99 Å². The summed E-state index contributed by atoms with van der Waals surface area (Å²) in [6.45, 7) is 12.0. The Balaban J connectivity index is 0.00000289. The number of aliphatic imine (C=N–C) groups is 1. The number of aryl methyl sites for hydroxylation is 1. The molecule has 0 atom stereocenters. The van der Waals surface area contributed by atoms with Crippen LogP contribution in [0.1, 0.15) is 38.3 Å². The van der Waals surface area contributed by atoms with Gasteiger partial charge in [0.1, 0.15) is 0 Å². The van der Waals surface area contributed by atoms with Crippen LogP contribution in [-0.2, 0) is 6.54 Å². The fraction of sp³-hybridized carbons (Fsp3) is 0.667. The fourth-order valence-electron chi connectivity index (χ4n) is 1.29. The van der Waals surface area contributed by atoms with Crippen molar-refractivity contribution in [3.05, 3.63) is 16.1 Å². The third kappa shape index (κ3) is 6.53. The maximum absolute atomic E-state index is 4.57. The van der Waals surface area contributed by atoms with Crippen LogP contribution < -0.4 is 10.6 Å². The summed E-state index contributed by atoms with van der Waals surface area (Å²) in [4.78, 5) is 10.0. The minimum absolute atomic E-state index is 0. The summed E-state index contributed by atoms with van der Waals surface area (Å²) in [6, 6.07) is 0. The second-order valence-electron chi connectivity index (χ2n) is 4.93. The van der Waals surface area contributed by atoms with E-state index < -0.39 is 0 Å². The zero-order valence-corrected chi connectivity index (χ0v) is 14.8. The highest BCUT2D eigenvalue weighted by atomic mass is 127. The Labute approximate surface area is 131 Å². The van der Waals surface area contributed by atoms with Gasteiger partial charge in [-0.3, -0.25) is 0 Å². The number of hydrogen-bond donors (Lipinski definition) is 2. The highest BCUT2D eigenvalue weighted by Gasteiger charge is 2.11. The number of guanidine groups is 1. The van der Waals surface area contributed by atoms with Gasteiger partial charge in [0.05, 0.1) is 17.7 Å². The largest absolute Gasteiger partial charge is 0.357 e. The van der Waals surface area contributed by atoms with Gasteiger partial charge < -0.3 is 10.6 Å². The zero-order valence-electron chi connectivity index (χ0n) is 11.7. The van der Waals surface area contributed by atoms with E-state index in [1.54, 1.807) is 11.3 Å². The Bertz CT molecular complexity index is 382. The summed E-state index contributed by atoms with van der Waals surface area (Å²) in [5.41, 5.74) is 2.96. The number of nitrogens with one attached hydrogen (secondary N) is 2. The molecule has 0 saturated heterocycles. The smallest absolute Gasteiger partial charge is 0.192 e. The monoisotopic (exact) mass is 382 g/mol. The van der Waals surface area contributed by atoms with E-state index >= 15 is 0 Å². The Morgan fingerprint density at radius 2 is 2.11 bits per heavy atom. The minimum Gasteiger partial charge on any atom is -0.357 e. The maximum atomic E-state index is 4.57. The molecule has 6 heteroatoms. The lowest BCUT2D eigenvalue weighted by Crippen LogP contribution is -2.47. The molecule has 4 nitrogen and oxygen atoms in total. The van der Waals surface area contributed by atoms with E-state index in [1.807, 2.05) is 12.4 Å². The fourth-order valence-corrected chi connectivity index (χ4v) is 1.99. The van der Waals surface area contributed by atoms with Gasteiger partial charge in [-0.2, -0.15) is 0 Å². The third-order valence-corrected chi connectivity index (χ3v) is 2.98. The van der Waals surface area contributed by atoms with E-state index in [0.717, 1.165) is 18.2 Å². The summed E-state index contributed by atoms with van der Waals surface area (Å²) in [7, 11) is 0. The Hall–Kier alpha value is -0.370. The average Bonchev–Trinajstić information content (AvgIpc) is 2.59. The molecular weight excluding hydrogens is 359 g/mol. The van der Waals surface area contributed by atoms with Crippen molar-refractivity contribution in [1.29, 1.82) is 0 Å². The second kappa shape index (κ2) is 7.93. The topological polar surface area (TPSA) is 49.3 Å². The minimum atomic E-state index is 0. The van der Waals surface area contributed by atoms with Crippen LogP contribution in [0.25, 0.3) is 0 Å². The molecule has 0 bridgehead atoms. The van der Waals surface area contributed by atoms with Gasteiger partial charge >= 0.3 is 0 Å². The van der Waals surface area contributed by atoms with Crippen LogP contribution in [0.5, 0.6) is 0 Å². The van der Waals surface area contributed by atoms with Gasteiger partial charge in [0.25, 0.3) is 0 Å². The summed E-state index contributed by atoms with van der Waals surface area (Å²) in [5.74, 6) is 0.854. The Morgan fingerprint density at radius 1 is 1.44 bits per heavy atom. The molecule has 0 saturated carbocycles. The molecular formula is C12H23IN4S. The standard InChI is InChI=1S/C12H22N4S.HI/c1-6-13-11(16-12(3,4)5)14-7-10-9(2)15-8-17-10;/h8H,6-7H2,1-5H3,(H2,13,14,16);1H. The van der Waals surface area contributed by atoms with Crippen molar-refractivity contribution in [2.75, 3.05) is 6.54 Å². The number of thiazole rings is 1. The molecule has 1 aromatic heterocycles.